The third kappa shape index (κ3) is 9.41. The highest BCUT2D eigenvalue weighted by atomic mass is 16.4. The first-order valence-electron chi connectivity index (χ1n) is 7.23. The van der Waals surface area contributed by atoms with Gasteiger partial charge in [0, 0.05) is 12.6 Å². The Bertz CT molecular complexity index is 487. The minimum atomic E-state index is -1.58. The maximum absolute atomic E-state index is 12.0. The zero-order valence-corrected chi connectivity index (χ0v) is 13.6. The number of aliphatic hydroxyl groups excluding tert-OH is 2. The third-order valence-electron chi connectivity index (χ3n) is 2.98. The van der Waals surface area contributed by atoms with E-state index in [1.54, 1.807) is 0 Å². The normalized spacial score (nSPS) is 15.4. The van der Waals surface area contributed by atoms with Gasteiger partial charge >= 0.3 is 12.0 Å². The van der Waals surface area contributed by atoms with E-state index in [1.807, 2.05) is 5.32 Å². The van der Waals surface area contributed by atoms with Crippen LogP contribution in [0.4, 0.5) is 4.79 Å². The van der Waals surface area contributed by atoms with Crippen LogP contribution in [0.15, 0.2) is 0 Å². The molecular formula is C12H24N6O7. The molecule has 0 radical (unpaired) electrons. The van der Waals surface area contributed by atoms with Crippen molar-refractivity contribution >= 4 is 23.8 Å². The lowest BCUT2D eigenvalue weighted by Gasteiger charge is -2.20. The molecule has 0 aliphatic heterocycles. The fourth-order valence-corrected chi connectivity index (χ4v) is 1.47. The smallest absolute Gasteiger partial charge is 0.328 e. The van der Waals surface area contributed by atoms with Crippen molar-refractivity contribution < 1.29 is 34.5 Å². The number of carboxylic acids is 1. The fraction of sp³-hybridized carbons (Fsp3) is 0.667. The molecule has 4 amide bonds. The summed E-state index contributed by atoms with van der Waals surface area (Å²) in [6, 6.07) is -4.75. The lowest BCUT2D eigenvalue weighted by molar-refractivity contribution is -0.140. The number of aliphatic carboxylic acids is 1. The topological polar surface area (TPSA) is 229 Å². The van der Waals surface area contributed by atoms with Crippen LogP contribution in [0.5, 0.6) is 0 Å². The molecule has 0 aromatic rings. The zero-order valence-electron chi connectivity index (χ0n) is 13.6. The van der Waals surface area contributed by atoms with Crippen LogP contribution in [-0.4, -0.2) is 76.5 Å². The molecule has 0 rings (SSSR count). The van der Waals surface area contributed by atoms with Crippen molar-refractivity contribution in [2.45, 2.75) is 37.6 Å². The maximum Gasteiger partial charge on any atom is 0.328 e. The second-order valence-corrected chi connectivity index (χ2v) is 5.19. The Labute approximate surface area is 143 Å². The van der Waals surface area contributed by atoms with Gasteiger partial charge in [0.1, 0.15) is 6.04 Å². The van der Waals surface area contributed by atoms with Crippen LogP contribution in [0.1, 0.15) is 13.3 Å². The summed E-state index contributed by atoms with van der Waals surface area (Å²) in [6.07, 6.45) is -1.39. The van der Waals surface area contributed by atoms with Crippen molar-refractivity contribution in [2.24, 2.45) is 11.5 Å². The van der Waals surface area contributed by atoms with Crippen LogP contribution >= 0.6 is 0 Å². The molecule has 25 heavy (non-hydrogen) atoms. The van der Waals surface area contributed by atoms with Gasteiger partial charge in [-0.1, -0.05) is 0 Å². The highest BCUT2D eigenvalue weighted by Gasteiger charge is 2.25. The summed E-state index contributed by atoms with van der Waals surface area (Å²) in [5.41, 5.74) is 15.1. The Morgan fingerprint density at radius 2 is 1.68 bits per heavy atom. The minimum absolute atomic E-state index is 0.00446. The molecule has 0 aromatic heterocycles. The molecule has 0 saturated carbocycles. The number of rotatable bonds is 11. The van der Waals surface area contributed by atoms with Gasteiger partial charge in [0.05, 0.1) is 19.1 Å². The van der Waals surface area contributed by atoms with Gasteiger partial charge in [-0.15, -0.1) is 0 Å². The van der Waals surface area contributed by atoms with E-state index in [1.165, 1.54) is 6.92 Å². The molecule has 0 heterocycles. The number of nitrogens with two attached hydrogens (primary N) is 2. The Kier molecular flexibility index (Phi) is 10.0. The van der Waals surface area contributed by atoms with E-state index in [9.17, 15) is 24.3 Å². The summed E-state index contributed by atoms with van der Waals surface area (Å²) >= 11 is 0. The lowest BCUT2D eigenvalue weighted by Crippen LogP contribution is -2.57. The molecule has 4 atom stereocenters. The number of aliphatic hydroxyl groups is 2. The van der Waals surface area contributed by atoms with E-state index in [0.717, 1.165) is 0 Å². The molecule has 144 valence electrons. The summed E-state index contributed by atoms with van der Waals surface area (Å²) in [4.78, 5) is 45.4. The number of nitrogens with one attached hydrogen (secondary N) is 4. The molecule has 0 aliphatic carbocycles. The summed E-state index contributed by atoms with van der Waals surface area (Å²) in [5, 5.41) is 30.7. The van der Waals surface area contributed by atoms with E-state index in [-0.39, 0.29) is 6.54 Å². The van der Waals surface area contributed by atoms with Crippen LogP contribution in [0.3, 0.4) is 0 Å². The molecule has 0 saturated heterocycles. The average molecular weight is 364 g/mol. The number of urea groups is 1. The molecule has 13 nitrogen and oxygen atoms in total. The van der Waals surface area contributed by atoms with Gasteiger partial charge in [-0.25, -0.2) is 15.0 Å². The third-order valence-corrected chi connectivity index (χ3v) is 2.98. The highest BCUT2D eigenvalue weighted by molar-refractivity contribution is 5.92. The van der Waals surface area contributed by atoms with Gasteiger partial charge < -0.3 is 37.4 Å². The van der Waals surface area contributed by atoms with E-state index >= 15 is 0 Å². The number of hydrogen-bond donors (Lipinski definition) is 9. The number of amides is 4. The highest BCUT2D eigenvalue weighted by Crippen LogP contribution is 1.93. The van der Waals surface area contributed by atoms with Gasteiger partial charge in [0.25, 0.3) is 5.91 Å². The van der Waals surface area contributed by atoms with E-state index in [4.69, 9.17) is 21.7 Å². The SMILES string of the molecule is CC(O)[C@H](N)CNNC(=O)[C@H](CC(N)=O)NC(=O)N[C@@H](CO)C(=O)O. The largest absolute Gasteiger partial charge is 0.480 e. The van der Waals surface area contributed by atoms with Crippen molar-refractivity contribution in [1.82, 2.24) is 21.5 Å². The molecule has 13 heteroatoms. The van der Waals surface area contributed by atoms with Crippen LogP contribution in [0, 0.1) is 0 Å². The summed E-state index contributed by atoms with van der Waals surface area (Å²) in [5.74, 6) is -3.22. The van der Waals surface area contributed by atoms with Crippen molar-refractivity contribution in [3.05, 3.63) is 0 Å². The molecule has 0 fully saturated rings. The number of hydrogen-bond acceptors (Lipinski definition) is 8. The van der Waals surface area contributed by atoms with Crippen LogP contribution in [0.2, 0.25) is 0 Å². The Morgan fingerprint density at radius 1 is 1.12 bits per heavy atom. The number of carbonyl (C=O) groups is 4. The van der Waals surface area contributed by atoms with Crippen molar-refractivity contribution in [1.29, 1.82) is 0 Å². The number of primary amides is 1. The van der Waals surface area contributed by atoms with Gasteiger partial charge in [0.15, 0.2) is 6.04 Å². The Morgan fingerprint density at radius 3 is 2.12 bits per heavy atom. The molecule has 11 N–H and O–H groups in total. The van der Waals surface area contributed by atoms with Crippen LogP contribution in [0.25, 0.3) is 0 Å². The zero-order chi connectivity index (χ0) is 19.6. The minimum Gasteiger partial charge on any atom is -0.480 e. The van der Waals surface area contributed by atoms with Crippen LogP contribution < -0.4 is 33.0 Å². The Hall–Kier alpha value is -2.48. The summed E-state index contributed by atoms with van der Waals surface area (Å²) in [6.45, 7) is 0.592. The van der Waals surface area contributed by atoms with E-state index in [2.05, 4.69) is 16.2 Å². The molecular weight excluding hydrogens is 340 g/mol. The first kappa shape index (κ1) is 22.5. The van der Waals surface area contributed by atoms with E-state index < -0.39 is 61.1 Å². The van der Waals surface area contributed by atoms with Gasteiger partial charge in [-0.2, -0.15) is 0 Å². The number of hydrazine groups is 1. The Balaban J connectivity index is 4.66. The number of carboxylic acid groups (broad SMARTS) is 1. The standard InChI is InChI=1S/C12H24N6O7/c1-5(20)6(13)3-15-18-10(22)7(2-9(14)21)16-12(25)17-8(4-19)11(23)24/h5-8,15,19-20H,2-4,13H2,1H3,(H2,14,21)(H,18,22)(H,23,24)(H2,16,17,25)/t5?,6-,7+,8+/m1/s1. The summed E-state index contributed by atoms with van der Waals surface area (Å²) < 4.78 is 0. The second kappa shape index (κ2) is 11.1. The van der Waals surface area contributed by atoms with Gasteiger partial charge in [-0.05, 0) is 6.92 Å². The molecule has 0 bridgehead atoms. The predicted molar refractivity (Wildman–Crippen MR) is 83.6 cm³/mol. The maximum atomic E-state index is 12.0. The molecule has 0 spiro atoms. The lowest BCUT2D eigenvalue weighted by atomic mass is 10.2. The quantitative estimate of drug-likeness (QED) is 0.160. The van der Waals surface area contributed by atoms with Crippen LogP contribution in [-0.2, 0) is 14.4 Å². The monoisotopic (exact) mass is 364 g/mol. The summed E-state index contributed by atoms with van der Waals surface area (Å²) in [7, 11) is 0. The van der Waals surface area contributed by atoms with Crippen molar-refractivity contribution in [2.75, 3.05) is 13.2 Å². The fourth-order valence-electron chi connectivity index (χ4n) is 1.47. The molecule has 1 unspecified atom stereocenters. The molecule has 0 aromatic carbocycles. The number of carbonyl (C=O) groups excluding carboxylic acids is 3. The first-order valence-corrected chi connectivity index (χ1v) is 7.23. The van der Waals surface area contributed by atoms with Crippen molar-refractivity contribution in [3.63, 3.8) is 0 Å². The second-order valence-electron chi connectivity index (χ2n) is 5.19. The van der Waals surface area contributed by atoms with Gasteiger partial charge in [-0.3, -0.25) is 15.0 Å². The van der Waals surface area contributed by atoms with Crippen molar-refractivity contribution in [3.8, 4) is 0 Å². The molecule has 0 aliphatic rings. The van der Waals surface area contributed by atoms with Gasteiger partial charge in [0.2, 0.25) is 5.91 Å². The average Bonchev–Trinajstić information content (AvgIpc) is 2.50. The predicted octanol–water partition coefficient (Wildman–Crippen LogP) is -4.70. The first-order chi connectivity index (χ1) is 11.6. The van der Waals surface area contributed by atoms with E-state index in [0.29, 0.717) is 0 Å².